The molecule has 1 aromatic carbocycles. The van der Waals surface area contributed by atoms with Gasteiger partial charge < -0.3 is 4.90 Å². The smallest absolute Gasteiger partial charge is 0.185 e. The first-order chi connectivity index (χ1) is 7.16. The summed E-state index contributed by atoms with van der Waals surface area (Å²) in [5, 5.41) is 2.93. The first-order valence-corrected chi connectivity index (χ1v) is 5.43. The molecule has 0 saturated heterocycles. The summed E-state index contributed by atoms with van der Waals surface area (Å²) in [6.45, 7) is 0. The second-order valence-electron chi connectivity index (χ2n) is 3.42. The van der Waals surface area contributed by atoms with E-state index in [2.05, 4.69) is 4.98 Å². The molecule has 0 N–H and O–H groups in total. The molecule has 4 heteroatoms. The molecule has 0 saturated carbocycles. The van der Waals surface area contributed by atoms with Gasteiger partial charge in [-0.1, -0.05) is 0 Å². The lowest BCUT2D eigenvalue weighted by atomic mass is 10.2. The van der Waals surface area contributed by atoms with Crippen LogP contribution in [0.5, 0.6) is 0 Å². The quantitative estimate of drug-likeness (QED) is 0.776. The molecular formula is C11H11FN2S. The lowest BCUT2D eigenvalue weighted by molar-refractivity contribution is 0.628. The fourth-order valence-corrected chi connectivity index (χ4v) is 1.99. The SMILES string of the molecule is CN(C)c1nc(-c2ccc(F)cc2)cs1. The molecule has 0 radical (unpaired) electrons. The van der Waals surface area contributed by atoms with Gasteiger partial charge in [0.1, 0.15) is 5.82 Å². The van der Waals surface area contributed by atoms with Gasteiger partial charge in [0, 0.05) is 25.0 Å². The Balaban J connectivity index is 2.33. The molecule has 2 aromatic rings. The summed E-state index contributed by atoms with van der Waals surface area (Å²) in [6.07, 6.45) is 0. The Hall–Kier alpha value is -1.42. The number of hydrogen-bond acceptors (Lipinski definition) is 3. The second kappa shape index (κ2) is 3.98. The topological polar surface area (TPSA) is 16.1 Å². The first kappa shape index (κ1) is 10.1. The molecule has 0 fully saturated rings. The maximum absolute atomic E-state index is 12.7. The van der Waals surface area contributed by atoms with E-state index in [-0.39, 0.29) is 5.82 Å². The maximum Gasteiger partial charge on any atom is 0.185 e. The number of hydrogen-bond donors (Lipinski definition) is 0. The van der Waals surface area contributed by atoms with E-state index in [0.717, 1.165) is 16.4 Å². The van der Waals surface area contributed by atoms with Crippen LogP contribution in [-0.4, -0.2) is 19.1 Å². The summed E-state index contributed by atoms with van der Waals surface area (Å²) in [4.78, 5) is 6.39. The van der Waals surface area contributed by atoms with Crippen molar-refractivity contribution >= 4 is 16.5 Å². The average molecular weight is 222 g/mol. The van der Waals surface area contributed by atoms with Crippen molar-refractivity contribution in [3.05, 3.63) is 35.5 Å². The van der Waals surface area contributed by atoms with Crippen LogP contribution in [0.1, 0.15) is 0 Å². The van der Waals surface area contributed by atoms with Gasteiger partial charge in [0.2, 0.25) is 0 Å². The highest BCUT2D eigenvalue weighted by atomic mass is 32.1. The van der Waals surface area contributed by atoms with Gasteiger partial charge in [-0.25, -0.2) is 9.37 Å². The number of thiazole rings is 1. The number of nitrogens with zero attached hydrogens (tertiary/aromatic N) is 2. The Morgan fingerprint density at radius 2 is 1.87 bits per heavy atom. The molecule has 0 unspecified atom stereocenters. The van der Waals surface area contributed by atoms with E-state index < -0.39 is 0 Å². The number of benzene rings is 1. The summed E-state index contributed by atoms with van der Waals surface area (Å²) in [5.41, 5.74) is 1.84. The van der Waals surface area contributed by atoms with Crippen LogP contribution in [0.3, 0.4) is 0 Å². The third kappa shape index (κ3) is 2.15. The van der Waals surface area contributed by atoms with Gasteiger partial charge in [-0.15, -0.1) is 11.3 Å². The van der Waals surface area contributed by atoms with Gasteiger partial charge in [0.05, 0.1) is 5.69 Å². The minimum atomic E-state index is -0.221. The van der Waals surface area contributed by atoms with Crippen LogP contribution in [-0.2, 0) is 0 Å². The zero-order chi connectivity index (χ0) is 10.8. The number of anilines is 1. The van der Waals surface area contributed by atoms with Crippen LogP contribution in [0.15, 0.2) is 29.6 Å². The average Bonchev–Trinajstić information content (AvgIpc) is 2.68. The molecule has 0 bridgehead atoms. The van der Waals surface area contributed by atoms with Crippen molar-refractivity contribution in [1.29, 1.82) is 0 Å². The molecule has 15 heavy (non-hydrogen) atoms. The van der Waals surface area contributed by atoms with Crippen LogP contribution in [0.25, 0.3) is 11.3 Å². The molecule has 2 rings (SSSR count). The zero-order valence-corrected chi connectivity index (χ0v) is 9.38. The number of aromatic nitrogens is 1. The van der Waals surface area contributed by atoms with Gasteiger partial charge in [0.25, 0.3) is 0 Å². The van der Waals surface area contributed by atoms with E-state index in [0.29, 0.717) is 0 Å². The van der Waals surface area contributed by atoms with Gasteiger partial charge in [-0.2, -0.15) is 0 Å². The van der Waals surface area contributed by atoms with Gasteiger partial charge in [-0.3, -0.25) is 0 Å². The van der Waals surface area contributed by atoms with Crippen LogP contribution < -0.4 is 4.90 Å². The normalized spacial score (nSPS) is 10.3. The molecule has 0 aliphatic carbocycles. The Labute approximate surface area is 92.0 Å². The Kier molecular flexibility index (Phi) is 2.68. The lowest BCUT2D eigenvalue weighted by Gasteiger charge is -2.05. The summed E-state index contributed by atoms with van der Waals surface area (Å²) in [7, 11) is 3.90. The van der Waals surface area contributed by atoms with Crippen LogP contribution in [0, 0.1) is 5.82 Å². The van der Waals surface area contributed by atoms with Gasteiger partial charge in [0.15, 0.2) is 5.13 Å². The van der Waals surface area contributed by atoms with E-state index >= 15 is 0 Å². The summed E-state index contributed by atoms with van der Waals surface area (Å²) < 4.78 is 12.7. The first-order valence-electron chi connectivity index (χ1n) is 4.55. The minimum Gasteiger partial charge on any atom is -0.354 e. The molecule has 1 aromatic heterocycles. The monoisotopic (exact) mass is 222 g/mol. The van der Waals surface area contributed by atoms with Gasteiger partial charge >= 0.3 is 0 Å². The fourth-order valence-electron chi connectivity index (χ4n) is 1.22. The van der Waals surface area contributed by atoms with E-state index in [4.69, 9.17) is 0 Å². The highest BCUT2D eigenvalue weighted by Gasteiger charge is 2.05. The minimum absolute atomic E-state index is 0.221. The summed E-state index contributed by atoms with van der Waals surface area (Å²) >= 11 is 1.58. The molecule has 2 nitrogen and oxygen atoms in total. The molecule has 0 aliphatic rings. The van der Waals surface area contributed by atoms with E-state index in [9.17, 15) is 4.39 Å². The largest absolute Gasteiger partial charge is 0.354 e. The molecule has 0 atom stereocenters. The van der Waals surface area contributed by atoms with Crippen molar-refractivity contribution < 1.29 is 4.39 Å². The van der Waals surface area contributed by atoms with E-state index in [1.165, 1.54) is 12.1 Å². The number of halogens is 1. The molecule has 78 valence electrons. The highest BCUT2D eigenvalue weighted by Crippen LogP contribution is 2.26. The van der Waals surface area contributed by atoms with Crippen molar-refractivity contribution in [3.8, 4) is 11.3 Å². The predicted octanol–water partition coefficient (Wildman–Crippen LogP) is 3.02. The predicted molar refractivity (Wildman–Crippen MR) is 61.8 cm³/mol. The highest BCUT2D eigenvalue weighted by molar-refractivity contribution is 7.14. The van der Waals surface area contributed by atoms with Crippen molar-refractivity contribution in [2.75, 3.05) is 19.0 Å². The third-order valence-electron chi connectivity index (χ3n) is 2.01. The second-order valence-corrected chi connectivity index (χ2v) is 4.25. The van der Waals surface area contributed by atoms with E-state index in [1.807, 2.05) is 24.4 Å². The summed E-state index contributed by atoms with van der Waals surface area (Å²) in [6, 6.07) is 6.38. The van der Waals surface area contributed by atoms with Crippen molar-refractivity contribution in [2.24, 2.45) is 0 Å². The summed E-state index contributed by atoms with van der Waals surface area (Å²) in [5.74, 6) is -0.221. The molecule has 0 aliphatic heterocycles. The molecule has 0 amide bonds. The maximum atomic E-state index is 12.7. The number of rotatable bonds is 2. The van der Waals surface area contributed by atoms with Crippen molar-refractivity contribution in [3.63, 3.8) is 0 Å². The lowest BCUT2D eigenvalue weighted by Crippen LogP contribution is -2.07. The zero-order valence-electron chi connectivity index (χ0n) is 8.57. The Bertz CT molecular complexity index is 448. The molecular weight excluding hydrogens is 211 g/mol. The van der Waals surface area contributed by atoms with Crippen LogP contribution in [0.2, 0.25) is 0 Å². The fraction of sp³-hybridized carbons (Fsp3) is 0.182. The van der Waals surface area contributed by atoms with Crippen LogP contribution >= 0.6 is 11.3 Å². The van der Waals surface area contributed by atoms with Crippen LogP contribution in [0.4, 0.5) is 9.52 Å². The van der Waals surface area contributed by atoms with Crippen molar-refractivity contribution in [2.45, 2.75) is 0 Å². The van der Waals surface area contributed by atoms with E-state index in [1.54, 1.807) is 23.5 Å². The Morgan fingerprint density at radius 3 is 2.40 bits per heavy atom. The Morgan fingerprint density at radius 1 is 1.20 bits per heavy atom. The van der Waals surface area contributed by atoms with Gasteiger partial charge in [-0.05, 0) is 24.3 Å². The third-order valence-corrected chi connectivity index (χ3v) is 3.02. The standard InChI is InChI=1S/C11H11FN2S/c1-14(2)11-13-10(7-15-11)8-3-5-9(12)6-4-8/h3-7H,1-2H3. The van der Waals surface area contributed by atoms with Crippen molar-refractivity contribution in [1.82, 2.24) is 4.98 Å². The molecule has 1 heterocycles. The molecule has 0 spiro atoms.